The van der Waals surface area contributed by atoms with Gasteiger partial charge in [-0.25, -0.2) is 4.98 Å². The highest BCUT2D eigenvalue weighted by molar-refractivity contribution is 5.78. The maximum Gasteiger partial charge on any atom is 0.234 e. The lowest BCUT2D eigenvalue weighted by Crippen LogP contribution is -2.45. The lowest BCUT2D eigenvalue weighted by atomic mass is 9.95. The number of hydrogen-bond acceptors (Lipinski definition) is 3. The van der Waals surface area contributed by atoms with E-state index < -0.39 is 0 Å². The molecule has 2 aliphatic rings. The minimum absolute atomic E-state index is 0.223. The molecule has 1 saturated carbocycles. The molecule has 1 amide bonds. The van der Waals surface area contributed by atoms with Crippen molar-refractivity contribution in [3.8, 4) is 0 Å². The lowest BCUT2D eigenvalue weighted by molar-refractivity contribution is -0.123. The molecule has 2 fully saturated rings. The monoisotopic (exact) mass is 318 g/mol. The largest absolute Gasteiger partial charge is 0.352 e. The fourth-order valence-corrected chi connectivity index (χ4v) is 3.93. The van der Waals surface area contributed by atoms with Gasteiger partial charge >= 0.3 is 0 Å². The van der Waals surface area contributed by atoms with E-state index in [1.807, 2.05) is 6.20 Å². The van der Waals surface area contributed by atoms with Crippen molar-refractivity contribution in [2.45, 2.75) is 64.5 Å². The zero-order valence-electron chi connectivity index (χ0n) is 14.3. The second-order valence-corrected chi connectivity index (χ2v) is 7.25. The van der Waals surface area contributed by atoms with E-state index in [-0.39, 0.29) is 5.91 Å². The summed E-state index contributed by atoms with van der Waals surface area (Å²) in [6, 6.07) is 0.429. The van der Waals surface area contributed by atoms with Crippen LogP contribution < -0.4 is 5.32 Å². The van der Waals surface area contributed by atoms with Gasteiger partial charge in [-0.2, -0.15) is 0 Å². The number of nitrogens with one attached hydrogen (secondary N) is 1. The van der Waals surface area contributed by atoms with Crippen molar-refractivity contribution in [1.29, 1.82) is 0 Å². The van der Waals surface area contributed by atoms with E-state index >= 15 is 0 Å². The Kier molecular flexibility index (Phi) is 5.70. The molecule has 1 aromatic heterocycles. The third-order valence-electron chi connectivity index (χ3n) is 5.42. The highest BCUT2D eigenvalue weighted by Gasteiger charge is 2.22. The van der Waals surface area contributed by atoms with Crippen LogP contribution in [0.25, 0.3) is 0 Å². The fraction of sp³-hybridized carbons (Fsp3) is 0.778. The van der Waals surface area contributed by atoms with Crippen molar-refractivity contribution in [2.75, 3.05) is 19.6 Å². The van der Waals surface area contributed by atoms with Crippen LogP contribution in [0, 0.1) is 12.8 Å². The van der Waals surface area contributed by atoms with E-state index in [1.165, 1.54) is 32.1 Å². The van der Waals surface area contributed by atoms with Gasteiger partial charge in [0.15, 0.2) is 0 Å². The molecule has 5 nitrogen and oxygen atoms in total. The summed E-state index contributed by atoms with van der Waals surface area (Å²) in [6.45, 7) is 5.78. The third kappa shape index (κ3) is 4.80. The zero-order valence-corrected chi connectivity index (χ0v) is 14.3. The minimum atomic E-state index is 0.223. The van der Waals surface area contributed by atoms with Crippen LogP contribution >= 0.6 is 0 Å². The van der Waals surface area contributed by atoms with Gasteiger partial charge in [0.25, 0.3) is 0 Å². The van der Waals surface area contributed by atoms with Gasteiger partial charge in [0.2, 0.25) is 5.91 Å². The summed E-state index contributed by atoms with van der Waals surface area (Å²) in [7, 11) is 0. The second kappa shape index (κ2) is 7.95. The van der Waals surface area contributed by atoms with Crippen molar-refractivity contribution >= 4 is 5.91 Å². The lowest BCUT2D eigenvalue weighted by Gasteiger charge is -2.32. The molecular formula is C18H30N4O. The predicted octanol–water partition coefficient (Wildman–Crippen LogP) is 2.35. The quantitative estimate of drug-likeness (QED) is 0.906. The number of likely N-dealkylation sites (tertiary alicyclic amines) is 1. The van der Waals surface area contributed by atoms with Crippen molar-refractivity contribution in [3.63, 3.8) is 0 Å². The van der Waals surface area contributed by atoms with Crippen LogP contribution in [0.4, 0.5) is 0 Å². The molecule has 2 heterocycles. The predicted molar refractivity (Wildman–Crippen MR) is 91.1 cm³/mol. The first-order valence-corrected chi connectivity index (χ1v) is 9.20. The normalized spacial score (nSPS) is 21.4. The van der Waals surface area contributed by atoms with Crippen LogP contribution in [0.5, 0.6) is 0 Å². The number of piperidine rings is 1. The van der Waals surface area contributed by atoms with Crippen molar-refractivity contribution in [1.82, 2.24) is 19.8 Å². The molecule has 0 atom stereocenters. The van der Waals surface area contributed by atoms with Crippen LogP contribution in [0.1, 0.15) is 50.8 Å². The number of imidazole rings is 1. The van der Waals surface area contributed by atoms with Gasteiger partial charge in [-0.05, 0) is 51.6 Å². The Morgan fingerprint density at radius 1 is 1.22 bits per heavy atom. The standard InChI is InChI=1S/C18H30N4O/c1-15-19-9-12-22(15)13-16-7-10-21(11-8-16)14-18(23)20-17-5-3-2-4-6-17/h9,12,16-17H,2-8,10-11,13-14H2,1H3,(H,20,23). The van der Waals surface area contributed by atoms with Gasteiger partial charge in [0, 0.05) is 25.0 Å². The molecule has 0 radical (unpaired) electrons. The van der Waals surface area contributed by atoms with Gasteiger partial charge in [-0.1, -0.05) is 19.3 Å². The molecule has 1 N–H and O–H groups in total. The van der Waals surface area contributed by atoms with E-state index in [0.717, 1.165) is 38.3 Å². The first kappa shape index (κ1) is 16.5. The number of carbonyl (C=O) groups is 1. The van der Waals surface area contributed by atoms with E-state index in [0.29, 0.717) is 18.5 Å². The first-order valence-electron chi connectivity index (χ1n) is 9.20. The number of carbonyl (C=O) groups excluding carboxylic acids is 1. The van der Waals surface area contributed by atoms with Crippen LogP contribution in [0.3, 0.4) is 0 Å². The van der Waals surface area contributed by atoms with E-state index in [4.69, 9.17) is 0 Å². The Morgan fingerprint density at radius 2 is 1.96 bits per heavy atom. The molecule has 1 aliphatic heterocycles. The van der Waals surface area contributed by atoms with E-state index in [1.54, 1.807) is 0 Å². The molecule has 0 unspecified atom stereocenters. The molecule has 5 heteroatoms. The molecule has 0 bridgehead atoms. The Balaban J connectivity index is 1.37. The van der Waals surface area contributed by atoms with E-state index in [2.05, 4.69) is 32.9 Å². The summed E-state index contributed by atoms with van der Waals surface area (Å²) < 4.78 is 2.25. The molecule has 3 rings (SSSR count). The Morgan fingerprint density at radius 3 is 2.61 bits per heavy atom. The smallest absolute Gasteiger partial charge is 0.234 e. The number of rotatable bonds is 5. The van der Waals surface area contributed by atoms with Crippen LogP contribution in [0.2, 0.25) is 0 Å². The Bertz CT molecular complexity index is 499. The summed E-state index contributed by atoms with van der Waals surface area (Å²) in [5.41, 5.74) is 0. The van der Waals surface area contributed by atoms with Crippen molar-refractivity contribution < 1.29 is 4.79 Å². The molecular weight excluding hydrogens is 288 g/mol. The third-order valence-corrected chi connectivity index (χ3v) is 5.42. The highest BCUT2D eigenvalue weighted by Crippen LogP contribution is 2.20. The van der Waals surface area contributed by atoms with Gasteiger partial charge < -0.3 is 9.88 Å². The molecule has 1 aliphatic carbocycles. The molecule has 128 valence electrons. The first-order chi connectivity index (χ1) is 11.2. The van der Waals surface area contributed by atoms with Crippen molar-refractivity contribution in [2.24, 2.45) is 5.92 Å². The van der Waals surface area contributed by atoms with E-state index in [9.17, 15) is 4.79 Å². The number of aromatic nitrogens is 2. The maximum absolute atomic E-state index is 12.2. The summed E-state index contributed by atoms with van der Waals surface area (Å²) in [5, 5.41) is 3.23. The summed E-state index contributed by atoms with van der Waals surface area (Å²) in [5.74, 6) is 2.03. The topological polar surface area (TPSA) is 50.2 Å². The summed E-state index contributed by atoms with van der Waals surface area (Å²) in [4.78, 5) is 18.8. The number of nitrogens with zero attached hydrogens (tertiary/aromatic N) is 3. The van der Waals surface area contributed by atoms with Crippen molar-refractivity contribution in [3.05, 3.63) is 18.2 Å². The molecule has 0 spiro atoms. The molecule has 0 aromatic carbocycles. The zero-order chi connectivity index (χ0) is 16.1. The number of aryl methyl sites for hydroxylation is 1. The van der Waals surface area contributed by atoms with Gasteiger partial charge in [-0.15, -0.1) is 0 Å². The Labute approximate surface area is 139 Å². The summed E-state index contributed by atoms with van der Waals surface area (Å²) >= 11 is 0. The SMILES string of the molecule is Cc1nccn1CC1CCN(CC(=O)NC2CCCCC2)CC1. The highest BCUT2D eigenvalue weighted by atomic mass is 16.2. The average molecular weight is 318 g/mol. The molecule has 23 heavy (non-hydrogen) atoms. The van der Waals surface area contributed by atoms with Crippen LogP contribution in [-0.2, 0) is 11.3 Å². The minimum Gasteiger partial charge on any atom is -0.352 e. The van der Waals surface area contributed by atoms with Crippen LogP contribution in [-0.4, -0.2) is 46.0 Å². The molecule has 1 saturated heterocycles. The average Bonchev–Trinajstić information content (AvgIpc) is 2.95. The second-order valence-electron chi connectivity index (χ2n) is 7.25. The van der Waals surface area contributed by atoms with Gasteiger partial charge in [0.05, 0.1) is 6.54 Å². The number of amides is 1. The maximum atomic E-state index is 12.2. The van der Waals surface area contributed by atoms with Gasteiger partial charge in [0.1, 0.15) is 5.82 Å². The number of hydrogen-bond donors (Lipinski definition) is 1. The van der Waals surface area contributed by atoms with Crippen LogP contribution in [0.15, 0.2) is 12.4 Å². The molecule has 1 aromatic rings. The summed E-state index contributed by atoms with van der Waals surface area (Å²) in [6.07, 6.45) is 12.5. The Hall–Kier alpha value is -1.36. The van der Waals surface area contributed by atoms with Gasteiger partial charge in [-0.3, -0.25) is 9.69 Å². The fourth-order valence-electron chi connectivity index (χ4n) is 3.93.